The van der Waals surface area contributed by atoms with Gasteiger partial charge in [-0.05, 0) is 68.7 Å². The summed E-state index contributed by atoms with van der Waals surface area (Å²) in [5.74, 6) is 1.15. The van der Waals surface area contributed by atoms with Crippen LogP contribution in [0.5, 0.6) is 0 Å². The number of carbonyl (C=O) groups is 1. The Bertz CT molecular complexity index is 1120. The largest absolute Gasteiger partial charge is 0.368 e. The Morgan fingerprint density at radius 3 is 2.24 bits per heavy atom. The van der Waals surface area contributed by atoms with Gasteiger partial charge in [-0.2, -0.15) is 0 Å². The highest BCUT2D eigenvalue weighted by Gasteiger charge is 2.20. The van der Waals surface area contributed by atoms with E-state index in [0.29, 0.717) is 5.75 Å². The Balaban J connectivity index is 1.28. The van der Waals surface area contributed by atoms with Crippen molar-refractivity contribution in [3.63, 3.8) is 0 Å². The molecule has 0 saturated carbocycles. The molecule has 33 heavy (non-hydrogen) atoms. The van der Waals surface area contributed by atoms with Crippen LogP contribution in [0.25, 0.3) is 0 Å². The van der Waals surface area contributed by atoms with E-state index in [1.54, 1.807) is 0 Å². The van der Waals surface area contributed by atoms with E-state index in [9.17, 15) is 4.79 Å². The number of carbonyl (C=O) groups excluding carboxylic acids is 1. The van der Waals surface area contributed by atoms with Crippen molar-refractivity contribution in [2.45, 2.75) is 32.7 Å². The molecular formula is C26H31N5OS. The van der Waals surface area contributed by atoms with E-state index in [1.807, 2.05) is 38.1 Å². The third kappa shape index (κ3) is 5.85. The van der Waals surface area contributed by atoms with Gasteiger partial charge in [0.25, 0.3) is 0 Å². The van der Waals surface area contributed by atoms with E-state index >= 15 is 0 Å². The SMILES string of the molecule is Cc1ccc(NC(=O)CSc2ccc(N3CCN(c4cc(C)ccc4C)CC3)nn2)c(C)c1. The van der Waals surface area contributed by atoms with Crippen LogP contribution in [0.15, 0.2) is 53.6 Å². The second-order valence-electron chi connectivity index (χ2n) is 8.65. The van der Waals surface area contributed by atoms with Gasteiger partial charge in [0, 0.05) is 37.6 Å². The number of aromatic nitrogens is 2. The number of piperazine rings is 1. The number of hydrogen-bond acceptors (Lipinski definition) is 6. The minimum atomic E-state index is -0.0413. The van der Waals surface area contributed by atoms with Gasteiger partial charge in [-0.1, -0.05) is 41.6 Å². The number of thioether (sulfide) groups is 1. The van der Waals surface area contributed by atoms with Crippen LogP contribution in [-0.4, -0.2) is 48.0 Å². The van der Waals surface area contributed by atoms with Crippen molar-refractivity contribution in [2.24, 2.45) is 0 Å². The zero-order valence-electron chi connectivity index (χ0n) is 19.8. The summed E-state index contributed by atoms with van der Waals surface area (Å²) in [6.07, 6.45) is 0. The lowest BCUT2D eigenvalue weighted by Crippen LogP contribution is -2.47. The Hall–Kier alpha value is -3.06. The molecule has 1 aliphatic rings. The number of amides is 1. The Morgan fingerprint density at radius 2 is 1.55 bits per heavy atom. The molecule has 1 aromatic heterocycles. The highest BCUT2D eigenvalue weighted by Crippen LogP contribution is 2.25. The fraction of sp³-hybridized carbons (Fsp3) is 0.346. The fourth-order valence-corrected chi connectivity index (χ4v) is 4.69. The van der Waals surface area contributed by atoms with Crippen LogP contribution in [0, 0.1) is 27.7 Å². The molecule has 1 fully saturated rings. The van der Waals surface area contributed by atoms with Crippen molar-refractivity contribution in [3.05, 3.63) is 70.8 Å². The van der Waals surface area contributed by atoms with Crippen LogP contribution >= 0.6 is 11.8 Å². The van der Waals surface area contributed by atoms with Gasteiger partial charge in [0.15, 0.2) is 5.82 Å². The molecule has 0 atom stereocenters. The number of rotatable bonds is 6. The summed E-state index contributed by atoms with van der Waals surface area (Å²) >= 11 is 1.40. The van der Waals surface area contributed by atoms with E-state index in [-0.39, 0.29) is 5.91 Å². The first-order chi connectivity index (χ1) is 15.9. The molecule has 0 bridgehead atoms. The van der Waals surface area contributed by atoms with Crippen molar-refractivity contribution in [3.8, 4) is 0 Å². The topological polar surface area (TPSA) is 61.4 Å². The highest BCUT2D eigenvalue weighted by molar-refractivity contribution is 7.99. The van der Waals surface area contributed by atoms with E-state index in [2.05, 4.69) is 63.4 Å². The minimum absolute atomic E-state index is 0.0413. The van der Waals surface area contributed by atoms with Gasteiger partial charge in [-0.15, -0.1) is 10.2 Å². The van der Waals surface area contributed by atoms with Gasteiger partial charge >= 0.3 is 0 Å². The Morgan fingerprint density at radius 1 is 0.848 bits per heavy atom. The Kier molecular flexibility index (Phi) is 7.18. The van der Waals surface area contributed by atoms with Crippen molar-refractivity contribution < 1.29 is 4.79 Å². The molecule has 1 saturated heterocycles. The molecule has 1 aliphatic heterocycles. The van der Waals surface area contributed by atoms with E-state index in [0.717, 1.165) is 48.3 Å². The summed E-state index contributed by atoms with van der Waals surface area (Å²) in [4.78, 5) is 17.1. The molecule has 6 nitrogen and oxygen atoms in total. The maximum absolute atomic E-state index is 12.3. The predicted octanol–water partition coefficient (Wildman–Crippen LogP) is 4.77. The number of hydrogen-bond donors (Lipinski definition) is 1. The van der Waals surface area contributed by atoms with Crippen LogP contribution < -0.4 is 15.1 Å². The quantitative estimate of drug-likeness (QED) is 0.534. The summed E-state index contributed by atoms with van der Waals surface area (Å²) in [6, 6.07) is 16.6. The van der Waals surface area contributed by atoms with Crippen LogP contribution in [0.3, 0.4) is 0 Å². The average molecular weight is 462 g/mol. The first-order valence-electron chi connectivity index (χ1n) is 11.3. The van der Waals surface area contributed by atoms with Gasteiger partial charge in [0.2, 0.25) is 5.91 Å². The van der Waals surface area contributed by atoms with E-state index in [4.69, 9.17) is 0 Å². The summed E-state index contributed by atoms with van der Waals surface area (Å²) in [5, 5.41) is 12.5. The van der Waals surface area contributed by atoms with Gasteiger partial charge < -0.3 is 15.1 Å². The average Bonchev–Trinajstić information content (AvgIpc) is 2.82. The van der Waals surface area contributed by atoms with Crippen molar-refractivity contribution in [1.29, 1.82) is 0 Å². The number of nitrogens with zero attached hydrogens (tertiary/aromatic N) is 4. The number of benzene rings is 2. The molecule has 0 aliphatic carbocycles. The lowest BCUT2D eigenvalue weighted by molar-refractivity contribution is -0.113. The maximum atomic E-state index is 12.3. The third-order valence-electron chi connectivity index (χ3n) is 5.94. The van der Waals surface area contributed by atoms with Crippen molar-refractivity contribution >= 4 is 34.9 Å². The smallest absolute Gasteiger partial charge is 0.234 e. The molecule has 0 spiro atoms. The van der Waals surface area contributed by atoms with E-state index in [1.165, 1.54) is 34.1 Å². The monoisotopic (exact) mass is 461 g/mol. The maximum Gasteiger partial charge on any atom is 0.234 e. The predicted molar refractivity (Wildman–Crippen MR) is 138 cm³/mol. The fourth-order valence-electron chi connectivity index (χ4n) is 4.07. The molecule has 4 rings (SSSR count). The van der Waals surface area contributed by atoms with Gasteiger partial charge in [-0.3, -0.25) is 4.79 Å². The third-order valence-corrected chi connectivity index (χ3v) is 6.86. The number of anilines is 3. The lowest BCUT2D eigenvalue weighted by atomic mass is 10.1. The van der Waals surface area contributed by atoms with Crippen LogP contribution in [-0.2, 0) is 4.79 Å². The second-order valence-corrected chi connectivity index (χ2v) is 9.64. The summed E-state index contributed by atoms with van der Waals surface area (Å²) in [7, 11) is 0. The second kappa shape index (κ2) is 10.3. The molecule has 1 amide bonds. The molecule has 0 radical (unpaired) electrons. The van der Waals surface area contributed by atoms with Crippen molar-refractivity contribution in [1.82, 2.24) is 10.2 Å². The zero-order chi connectivity index (χ0) is 23.4. The molecule has 2 heterocycles. The molecule has 2 aromatic carbocycles. The molecule has 172 valence electrons. The first kappa shape index (κ1) is 23.1. The van der Waals surface area contributed by atoms with Crippen LogP contribution in [0.1, 0.15) is 22.3 Å². The normalized spacial score (nSPS) is 13.8. The van der Waals surface area contributed by atoms with Crippen molar-refractivity contribution in [2.75, 3.05) is 47.0 Å². The van der Waals surface area contributed by atoms with Crippen LogP contribution in [0.2, 0.25) is 0 Å². The zero-order valence-corrected chi connectivity index (χ0v) is 20.6. The molecule has 0 unspecified atom stereocenters. The molecule has 3 aromatic rings. The lowest BCUT2D eigenvalue weighted by Gasteiger charge is -2.37. The minimum Gasteiger partial charge on any atom is -0.368 e. The molecule has 7 heteroatoms. The molecule has 1 N–H and O–H groups in total. The number of nitrogens with one attached hydrogen (secondary N) is 1. The van der Waals surface area contributed by atoms with Gasteiger partial charge in [0.1, 0.15) is 5.03 Å². The number of aryl methyl sites for hydroxylation is 4. The van der Waals surface area contributed by atoms with Gasteiger partial charge in [0.05, 0.1) is 5.75 Å². The van der Waals surface area contributed by atoms with E-state index < -0.39 is 0 Å². The van der Waals surface area contributed by atoms with Crippen LogP contribution in [0.4, 0.5) is 17.2 Å². The van der Waals surface area contributed by atoms with Gasteiger partial charge in [-0.25, -0.2) is 0 Å². The highest BCUT2D eigenvalue weighted by atomic mass is 32.2. The Labute approximate surface area is 200 Å². The summed E-state index contributed by atoms with van der Waals surface area (Å²) in [5.41, 5.74) is 7.03. The summed E-state index contributed by atoms with van der Waals surface area (Å²) < 4.78 is 0. The molecular weight excluding hydrogens is 430 g/mol. The standard InChI is InChI=1S/C26H31N5OS/c1-18-6-8-22(21(4)15-18)27-25(32)17-33-26-10-9-24(28-29-26)31-13-11-30(12-14-31)23-16-19(2)5-7-20(23)3/h5-10,15-16H,11-14,17H2,1-4H3,(H,27,32). The first-order valence-corrected chi connectivity index (χ1v) is 12.3. The summed E-state index contributed by atoms with van der Waals surface area (Å²) in [6.45, 7) is 12.1.